The molecule has 2 heterocycles. The number of nitro groups is 1. The first-order valence-corrected chi connectivity index (χ1v) is 22.9. The van der Waals surface area contributed by atoms with Gasteiger partial charge < -0.3 is 29.7 Å². The minimum atomic E-state index is -4.17. The molecule has 1 aliphatic rings. The lowest BCUT2D eigenvalue weighted by Gasteiger charge is -2.37. The molecule has 0 unspecified atom stereocenters. The molecule has 1 fully saturated rings. The van der Waals surface area contributed by atoms with E-state index < -0.39 is 20.9 Å². The molecule has 3 N–H and O–H groups in total. The molecule has 0 bridgehead atoms. The monoisotopic (exact) mass is 891 g/mol. The Morgan fingerprint density at radius 3 is 2.17 bits per heavy atom. The van der Waals surface area contributed by atoms with Crippen molar-refractivity contribution < 1.29 is 27.6 Å². The van der Waals surface area contributed by atoms with Crippen LogP contribution in [0.25, 0.3) is 22.4 Å². The average molecular weight is 892 g/mol. The van der Waals surface area contributed by atoms with Crippen LogP contribution in [0, 0.1) is 22.9 Å². The number of nitro benzene ring substituents is 1. The number of rotatable bonds is 17. The van der Waals surface area contributed by atoms with Gasteiger partial charge in [-0.2, -0.15) is 0 Å². The number of aromatic carboxylic acids is 1. The molecule has 0 aliphatic carbocycles. The van der Waals surface area contributed by atoms with Gasteiger partial charge in [-0.3, -0.25) is 14.8 Å². The van der Waals surface area contributed by atoms with Gasteiger partial charge in [-0.1, -0.05) is 30.3 Å². The number of carbonyl (C=O) groups is 1. The van der Waals surface area contributed by atoms with E-state index in [-0.39, 0.29) is 33.7 Å². The number of aromatic nitrogens is 1. The second-order valence-electron chi connectivity index (χ2n) is 15.7. The van der Waals surface area contributed by atoms with E-state index in [1.54, 1.807) is 43.0 Å². The summed E-state index contributed by atoms with van der Waals surface area (Å²) in [4.78, 5) is 31.6. The average Bonchev–Trinajstić information content (AvgIpc) is 3.54. The third-order valence-electron chi connectivity index (χ3n) is 11.2. The molecule has 16 heteroatoms. The molecular formula is C47H50FN7O6S2. The van der Waals surface area contributed by atoms with Crippen molar-refractivity contribution in [2.45, 2.75) is 29.2 Å². The summed E-state index contributed by atoms with van der Waals surface area (Å²) < 4.78 is 45.4. The molecule has 0 saturated carbocycles. The van der Waals surface area contributed by atoms with Crippen LogP contribution >= 0.6 is 11.8 Å². The number of piperazine rings is 1. The number of anilines is 4. The number of hydrogen-bond acceptors (Lipinski definition) is 10. The van der Waals surface area contributed by atoms with Gasteiger partial charge >= 0.3 is 5.97 Å². The fourth-order valence-corrected chi connectivity index (χ4v) is 9.89. The van der Waals surface area contributed by atoms with Crippen LogP contribution in [0.3, 0.4) is 0 Å². The summed E-state index contributed by atoms with van der Waals surface area (Å²) in [6, 6.07) is 34.6. The molecule has 5 aromatic carbocycles. The highest BCUT2D eigenvalue weighted by molar-refractivity contribution is 7.99. The molecule has 0 radical (unpaired) electrons. The Morgan fingerprint density at radius 2 is 1.54 bits per heavy atom. The van der Waals surface area contributed by atoms with Crippen LogP contribution in [0.4, 0.5) is 32.8 Å². The normalized spacial score (nSPS) is 13.6. The summed E-state index contributed by atoms with van der Waals surface area (Å²) in [5.41, 5.74) is 5.60. The van der Waals surface area contributed by atoms with Gasteiger partial charge in [-0.25, -0.2) is 17.6 Å². The maximum absolute atomic E-state index is 13.9. The highest BCUT2D eigenvalue weighted by atomic mass is 32.2. The van der Waals surface area contributed by atoms with E-state index in [1.165, 1.54) is 24.3 Å². The number of sulfonamides is 1. The van der Waals surface area contributed by atoms with E-state index in [2.05, 4.69) is 19.8 Å². The summed E-state index contributed by atoms with van der Waals surface area (Å²) in [5, 5.41) is 25.9. The van der Waals surface area contributed by atoms with E-state index in [9.17, 15) is 32.8 Å². The smallest absolute Gasteiger partial charge is 0.338 e. The number of nitrogens with one attached hydrogen (secondary N) is 2. The molecule has 7 rings (SSSR count). The summed E-state index contributed by atoms with van der Waals surface area (Å²) in [6.45, 7) is 5.23. The fraction of sp³-hybridized carbons (Fsp3) is 0.255. The predicted octanol–water partition coefficient (Wildman–Crippen LogP) is 9.06. The molecule has 0 spiro atoms. The largest absolute Gasteiger partial charge is 0.478 e. The van der Waals surface area contributed by atoms with Crippen LogP contribution in [0.2, 0.25) is 0 Å². The predicted molar refractivity (Wildman–Crippen MR) is 250 cm³/mol. The number of carboxylic acid groups (broad SMARTS) is 1. The van der Waals surface area contributed by atoms with Crippen molar-refractivity contribution in [3.05, 3.63) is 149 Å². The topological polar surface area (TPSA) is 153 Å². The Hall–Kier alpha value is -6.36. The quantitative estimate of drug-likeness (QED) is 0.0457. The Morgan fingerprint density at radius 1 is 0.873 bits per heavy atom. The molecule has 328 valence electrons. The van der Waals surface area contributed by atoms with E-state index >= 15 is 0 Å². The van der Waals surface area contributed by atoms with Gasteiger partial charge in [0.1, 0.15) is 11.5 Å². The Kier molecular flexibility index (Phi) is 13.7. The summed E-state index contributed by atoms with van der Waals surface area (Å²) in [5.74, 6) is -0.755. The zero-order chi connectivity index (χ0) is 44.8. The molecule has 0 amide bonds. The van der Waals surface area contributed by atoms with Crippen molar-refractivity contribution in [1.29, 1.82) is 0 Å². The van der Waals surface area contributed by atoms with Gasteiger partial charge in [0.05, 0.1) is 21.1 Å². The SMILES string of the molecule is Cc1c(C(=O)O)c(-c2cccc(N3CCN(c4ccc(NS(=O)(=O)c5ccc(N[C@H](CCN(C)C)CSc6ccccc6)c([N+](=O)[O-])c5)cc4)CC3)c2)c(-c2ccc(F)cc2)n1C. The van der Waals surface area contributed by atoms with Crippen molar-refractivity contribution in [3.63, 3.8) is 0 Å². The molecular weight excluding hydrogens is 842 g/mol. The van der Waals surface area contributed by atoms with Gasteiger partial charge in [-0.15, -0.1) is 11.8 Å². The molecule has 6 aromatic rings. The van der Waals surface area contributed by atoms with Gasteiger partial charge in [0.2, 0.25) is 0 Å². The van der Waals surface area contributed by atoms with Gasteiger partial charge in [-0.05, 0) is 130 Å². The maximum atomic E-state index is 13.9. The van der Waals surface area contributed by atoms with E-state index in [4.69, 9.17) is 0 Å². The van der Waals surface area contributed by atoms with Crippen LogP contribution in [0.15, 0.2) is 131 Å². The molecule has 1 aliphatic heterocycles. The number of hydrogen-bond donors (Lipinski definition) is 3. The number of halogens is 1. The lowest BCUT2D eigenvalue weighted by atomic mass is 9.96. The molecule has 1 aromatic heterocycles. The van der Waals surface area contributed by atoms with E-state index in [0.29, 0.717) is 60.1 Å². The minimum Gasteiger partial charge on any atom is -0.478 e. The third-order valence-corrected chi connectivity index (χ3v) is 13.8. The number of carboxylic acids is 1. The number of nitrogens with zero attached hydrogens (tertiary/aromatic N) is 5. The zero-order valence-corrected chi connectivity index (χ0v) is 37.1. The zero-order valence-electron chi connectivity index (χ0n) is 35.5. The first-order valence-electron chi connectivity index (χ1n) is 20.5. The first-order chi connectivity index (χ1) is 30.2. The molecule has 1 atom stereocenters. The first kappa shape index (κ1) is 44.7. The standard InChI is InChI=1S/C47H50FN7O6S2/c1-32-44(47(56)57)45(46(52(32)4)33-13-15-35(48)16-14-33)34-9-8-10-39(29-34)54-27-25-53(26-28-54)38-19-17-36(18-20-38)50-63(60,61)41-21-22-42(43(30-41)55(58)59)49-37(23-24-51(2)3)31-62-40-11-6-5-7-12-40/h5-22,29-30,37,49-50H,23-28,31H2,1-4H3,(H,56,57)/t37-/m1/s1. The van der Waals surface area contributed by atoms with E-state index in [0.717, 1.165) is 40.9 Å². The van der Waals surface area contributed by atoms with Crippen LogP contribution < -0.4 is 19.8 Å². The minimum absolute atomic E-state index is 0.119. The molecule has 13 nitrogen and oxygen atoms in total. The summed E-state index contributed by atoms with van der Waals surface area (Å²) >= 11 is 1.65. The van der Waals surface area contributed by atoms with Crippen LogP contribution in [0.5, 0.6) is 0 Å². The Balaban J connectivity index is 1.01. The lowest BCUT2D eigenvalue weighted by Crippen LogP contribution is -2.46. The molecule has 63 heavy (non-hydrogen) atoms. The van der Waals surface area contributed by atoms with Gasteiger partial charge in [0.15, 0.2) is 0 Å². The van der Waals surface area contributed by atoms with Crippen molar-refractivity contribution >= 4 is 56.2 Å². The van der Waals surface area contributed by atoms with Crippen LogP contribution in [0.1, 0.15) is 22.5 Å². The second-order valence-corrected chi connectivity index (χ2v) is 18.5. The Bertz CT molecular complexity index is 2690. The maximum Gasteiger partial charge on any atom is 0.338 e. The van der Waals surface area contributed by atoms with Crippen molar-refractivity contribution in [1.82, 2.24) is 9.47 Å². The number of thioether (sulfide) groups is 1. The van der Waals surface area contributed by atoms with Crippen molar-refractivity contribution in [2.24, 2.45) is 7.05 Å². The molecule has 1 saturated heterocycles. The number of benzene rings is 5. The van der Waals surface area contributed by atoms with Gasteiger partial charge in [0.25, 0.3) is 15.7 Å². The Labute approximate surface area is 371 Å². The highest BCUT2D eigenvalue weighted by Crippen LogP contribution is 2.40. The van der Waals surface area contributed by atoms with Gasteiger partial charge in [0, 0.05) is 84.3 Å². The summed E-state index contributed by atoms with van der Waals surface area (Å²) in [7, 11) is 1.58. The van der Waals surface area contributed by atoms with Crippen molar-refractivity contribution in [2.75, 3.05) is 72.4 Å². The highest BCUT2D eigenvalue weighted by Gasteiger charge is 2.28. The second kappa shape index (κ2) is 19.4. The van der Waals surface area contributed by atoms with Crippen LogP contribution in [-0.4, -0.2) is 92.5 Å². The van der Waals surface area contributed by atoms with Crippen molar-refractivity contribution in [3.8, 4) is 22.4 Å². The third kappa shape index (κ3) is 10.5. The summed E-state index contributed by atoms with van der Waals surface area (Å²) in [6.07, 6.45) is 0.721. The fourth-order valence-electron chi connectivity index (χ4n) is 7.82. The lowest BCUT2D eigenvalue weighted by molar-refractivity contribution is -0.384. The van der Waals surface area contributed by atoms with Crippen LogP contribution in [-0.2, 0) is 17.1 Å². The van der Waals surface area contributed by atoms with E-state index in [1.807, 2.05) is 97.3 Å².